The molecule has 0 amide bonds. The molecule has 4 aliphatic rings. The Kier molecular flexibility index (Phi) is 12.4. The van der Waals surface area contributed by atoms with Gasteiger partial charge in [0.25, 0.3) is 0 Å². The Balaban J connectivity index is 0.000000219. The normalized spacial score (nSPS) is 16.5. The van der Waals surface area contributed by atoms with Crippen molar-refractivity contribution in [2.75, 3.05) is 55.6 Å². The Hall–Kier alpha value is -7.75. The molecule has 352 valence electrons. The second-order valence-corrected chi connectivity index (χ2v) is 17.1. The van der Waals surface area contributed by atoms with Gasteiger partial charge < -0.3 is 58.4 Å². The van der Waals surface area contributed by atoms with Gasteiger partial charge in [-0.2, -0.15) is 0 Å². The number of fused-ring (bicyclic) bond motifs is 3. The highest BCUT2D eigenvalue weighted by Gasteiger charge is 2.35. The van der Waals surface area contributed by atoms with E-state index in [0.717, 1.165) is 79.9 Å². The molecule has 5 heterocycles. The van der Waals surface area contributed by atoms with Crippen molar-refractivity contribution in [2.45, 2.75) is 37.8 Å². The lowest BCUT2D eigenvalue weighted by molar-refractivity contribution is 0.220. The number of phenolic OH excluding ortho intramolecular Hbond substituents is 4. The molecule has 0 saturated heterocycles. The van der Waals surface area contributed by atoms with E-state index in [1.54, 1.807) is 28.4 Å². The zero-order valence-electron chi connectivity index (χ0n) is 38.5. The predicted octanol–water partition coefficient (Wildman–Crippen LogP) is 9.15. The smallest absolute Gasteiger partial charge is 0.238 e. The van der Waals surface area contributed by atoms with Gasteiger partial charge >= 0.3 is 0 Å². The lowest BCUT2D eigenvalue weighted by Gasteiger charge is -2.37. The number of hydrogen-bond donors (Lipinski definition) is 5. The van der Waals surface area contributed by atoms with Crippen molar-refractivity contribution in [3.05, 3.63) is 135 Å². The van der Waals surface area contributed by atoms with Crippen LogP contribution in [0.2, 0.25) is 0 Å². The minimum atomic E-state index is -0.888. The van der Waals surface area contributed by atoms with E-state index < -0.39 is 22.7 Å². The first-order valence-corrected chi connectivity index (χ1v) is 22.0. The first-order valence-electron chi connectivity index (χ1n) is 22.0. The third kappa shape index (κ3) is 8.46. The van der Waals surface area contributed by atoms with Crippen LogP contribution in [0.25, 0.3) is 22.3 Å². The van der Waals surface area contributed by atoms with Crippen LogP contribution >= 0.6 is 0 Å². The van der Waals surface area contributed by atoms with Crippen molar-refractivity contribution < 1.29 is 58.4 Å². The van der Waals surface area contributed by atoms with Crippen molar-refractivity contribution in [3.63, 3.8) is 0 Å². The third-order valence-electron chi connectivity index (χ3n) is 13.0. The van der Waals surface area contributed by atoms with E-state index in [9.17, 15) is 30.3 Å². The lowest BCUT2D eigenvalue weighted by Crippen LogP contribution is -2.34. The number of methoxy groups -OCH3 is 4. The molecule has 4 aliphatic heterocycles. The van der Waals surface area contributed by atoms with E-state index in [1.807, 2.05) is 18.2 Å². The summed E-state index contributed by atoms with van der Waals surface area (Å²) in [5.41, 5.74) is 6.26. The SMILES string of the molecule is COc1ccc2cc1Oc1ccc(cc1)CC1c3cc(c(OC)cc3CCN1C)Oc1c(OC)c(OC)cc3c1C(C2)N(C)CC3.O=c1c(O)c(-c2ccc(O)c(O)c2)oc2cc(O)cc(O)c12. The second kappa shape index (κ2) is 18.5. The van der Waals surface area contributed by atoms with Crippen molar-refractivity contribution in [1.29, 1.82) is 0 Å². The molecule has 0 spiro atoms. The molecule has 68 heavy (non-hydrogen) atoms. The van der Waals surface area contributed by atoms with E-state index in [2.05, 4.69) is 66.4 Å². The molecule has 7 aromatic rings. The molecule has 0 fully saturated rings. The molecule has 15 heteroatoms. The molecular formula is C53H52N2O13. The monoisotopic (exact) mass is 924 g/mol. The zero-order chi connectivity index (χ0) is 48.0. The minimum Gasteiger partial charge on any atom is -0.508 e. The van der Waals surface area contributed by atoms with E-state index in [4.69, 9.17) is 32.8 Å². The molecule has 5 N–H and O–H groups in total. The van der Waals surface area contributed by atoms with Crippen molar-refractivity contribution >= 4 is 11.0 Å². The quantitative estimate of drug-likeness (QED) is 0.103. The van der Waals surface area contributed by atoms with Crippen LogP contribution in [0.5, 0.6) is 74.7 Å². The summed E-state index contributed by atoms with van der Waals surface area (Å²) in [7, 11) is 11.1. The number of nitrogens with zero attached hydrogens (tertiary/aromatic N) is 2. The fraction of sp³-hybridized carbons (Fsp3) is 0.264. The molecular weight excluding hydrogens is 873 g/mol. The molecule has 1 aromatic heterocycles. The highest BCUT2D eigenvalue weighted by molar-refractivity contribution is 5.88. The van der Waals surface area contributed by atoms with Crippen LogP contribution in [0, 0.1) is 0 Å². The molecule has 0 aliphatic carbocycles. The summed E-state index contributed by atoms with van der Waals surface area (Å²) in [6.07, 6.45) is 3.37. The van der Waals surface area contributed by atoms with E-state index >= 15 is 0 Å². The third-order valence-corrected chi connectivity index (χ3v) is 13.0. The van der Waals surface area contributed by atoms with Gasteiger partial charge in [-0.1, -0.05) is 18.2 Å². The highest BCUT2D eigenvalue weighted by Crippen LogP contribution is 2.52. The summed E-state index contributed by atoms with van der Waals surface area (Å²) in [6.45, 7) is 1.86. The van der Waals surface area contributed by atoms with Crippen molar-refractivity contribution in [3.8, 4) is 86.1 Å². The maximum atomic E-state index is 12.1. The summed E-state index contributed by atoms with van der Waals surface area (Å²) in [5.74, 6) is 2.70. The van der Waals surface area contributed by atoms with Gasteiger partial charge in [-0.05, 0) is 128 Å². The number of hydrogen-bond acceptors (Lipinski definition) is 15. The molecule has 15 nitrogen and oxygen atoms in total. The molecule has 11 rings (SSSR count). The minimum absolute atomic E-state index is 0.000437. The van der Waals surface area contributed by atoms with Gasteiger partial charge in [0.1, 0.15) is 28.2 Å². The summed E-state index contributed by atoms with van der Waals surface area (Å²) < 4.78 is 42.4. The fourth-order valence-corrected chi connectivity index (χ4v) is 9.41. The van der Waals surface area contributed by atoms with Crippen LogP contribution in [0.15, 0.2) is 100 Å². The number of benzene rings is 6. The molecule has 6 bridgehead atoms. The Labute approximate surface area is 392 Å². The van der Waals surface area contributed by atoms with Gasteiger partial charge in [0.15, 0.2) is 51.8 Å². The molecule has 2 unspecified atom stereocenters. The van der Waals surface area contributed by atoms with Gasteiger partial charge in [0.2, 0.25) is 16.9 Å². The Bertz CT molecular complexity index is 3110. The maximum Gasteiger partial charge on any atom is 0.238 e. The number of ether oxygens (including phenoxy) is 6. The van der Waals surface area contributed by atoms with Crippen LogP contribution in [0.1, 0.15) is 45.5 Å². The fourth-order valence-electron chi connectivity index (χ4n) is 9.41. The summed E-state index contributed by atoms with van der Waals surface area (Å²) in [6, 6.07) is 26.8. The predicted molar refractivity (Wildman–Crippen MR) is 254 cm³/mol. The second-order valence-electron chi connectivity index (χ2n) is 17.1. The summed E-state index contributed by atoms with van der Waals surface area (Å²) >= 11 is 0. The topological polar surface area (TPSA) is 193 Å². The maximum absolute atomic E-state index is 12.1. The van der Waals surface area contributed by atoms with Gasteiger partial charge in [0.05, 0.1) is 28.4 Å². The Morgan fingerprint density at radius 3 is 1.97 bits per heavy atom. The van der Waals surface area contributed by atoms with Crippen LogP contribution in [-0.4, -0.2) is 91.0 Å². The number of phenols is 4. The average molecular weight is 925 g/mol. The van der Waals surface area contributed by atoms with Crippen LogP contribution in [0.3, 0.4) is 0 Å². The Morgan fingerprint density at radius 2 is 1.26 bits per heavy atom. The van der Waals surface area contributed by atoms with Crippen LogP contribution < -0.4 is 33.8 Å². The Morgan fingerprint density at radius 1 is 0.603 bits per heavy atom. The molecule has 0 radical (unpaired) electrons. The van der Waals surface area contributed by atoms with Gasteiger partial charge in [-0.25, -0.2) is 0 Å². The van der Waals surface area contributed by atoms with Crippen molar-refractivity contribution in [1.82, 2.24) is 9.80 Å². The highest BCUT2D eigenvalue weighted by atomic mass is 16.5. The van der Waals surface area contributed by atoms with Gasteiger partial charge in [-0.15, -0.1) is 0 Å². The van der Waals surface area contributed by atoms with E-state index in [1.165, 1.54) is 28.3 Å². The zero-order valence-corrected chi connectivity index (χ0v) is 38.5. The summed E-state index contributed by atoms with van der Waals surface area (Å²) in [5, 5.41) is 47.6. The lowest BCUT2D eigenvalue weighted by atomic mass is 9.87. The largest absolute Gasteiger partial charge is 0.508 e. The van der Waals surface area contributed by atoms with E-state index in [-0.39, 0.29) is 45.9 Å². The molecule has 0 saturated carbocycles. The first-order chi connectivity index (χ1) is 32.8. The number of rotatable bonds is 5. The number of likely N-dealkylation sites (N-methyl/N-ethyl adjacent to an activating group) is 2. The number of aromatic hydroxyl groups is 5. The van der Waals surface area contributed by atoms with Crippen LogP contribution in [-0.2, 0) is 25.7 Å². The first kappa shape index (κ1) is 45.4. The van der Waals surface area contributed by atoms with E-state index in [0.29, 0.717) is 40.2 Å². The van der Waals surface area contributed by atoms with Crippen LogP contribution in [0.4, 0.5) is 0 Å². The average Bonchev–Trinajstić information content (AvgIpc) is 3.33. The molecule has 2 atom stereocenters. The van der Waals surface area contributed by atoms with Gasteiger partial charge in [-0.3, -0.25) is 14.6 Å². The summed E-state index contributed by atoms with van der Waals surface area (Å²) in [4.78, 5) is 17.0. The molecule has 6 aromatic carbocycles. The standard InChI is InChI=1S/C38H42N2O6.C15H10O7/c1-39-15-13-25-20-32(42-4)34-22-28(25)29(39)17-23-7-10-27(11-8-23)45-33-19-24(9-12-31(33)41-3)18-30-36-26(14-16-40(30)2)21-35(43-5)37(44-6)38(36)46-34;16-7-4-10(19)12-11(5-7)22-15(14(21)13(12)20)6-1-2-8(17)9(18)3-6/h7-12,19-22,29-30H,13-18H2,1-6H3;1-5,16-19,21H. The van der Waals surface area contributed by atoms with Crippen molar-refractivity contribution in [2.24, 2.45) is 0 Å². The van der Waals surface area contributed by atoms with Gasteiger partial charge in [0, 0.05) is 48.4 Å².